The zero-order valence-electron chi connectivity index (χ0n) is 68.7. The lowest BCUT2D eigenvalue weighted by Crippen LogP contribution is -2.49. The van der Waals surface area contributed by atoms with Crippen molar-refractivity contribution in [2.45, 2.75) is 264 Å². The second kappa shape index (κ2) is 69.2. The summed E-state index contributed by atoms with van der Waals surface area (Å²) in [5.74, 6) is -2.19. The first kappa shape index (κ1) is 100. The van der Waals surface area contributed by atoms with E-state index in [1.807, 2.05) is 0 Å². The van der Waals surface area contributed by atoms with Crippen molar-refractivity contribution < 1.29 is 85.7 Å². The Labute approximate surface area is 673 Å². The maximum Gasteiger partial charge on any atom is 0.326 e. The molecule has 110 heavy (non-hydrogen) atoms. The molecule has 4 amide bonds. The summed E-state index contributed by atoms with van der Waals surface area (Å²) in [5, 5.41) is 22.0. The van der Waals surface area contributed by atoms with E-state index >= 15 is 0 Å². The standard InChI is InChI=1S/C86H149Cl2N5O17/c1-5-7-9-11-13-15-17-19-21-23-25-27-29-33-51-109-73-76(110-52-34-30-28-26-24-22-20-18-16-14-12-10-8-6-2)72-93(3,4)50-36-48-89-80(94)43-53-100-55-57-102-59-61-104-63-65-106-67-69-108-70-68-107-66-64-105-62-60-103-58-56-101-54-44-81(95)90-49-47-86(45-31-32-46-86)85(99)92-79(84(97)98)71-74-39-41-75(42-40-74)91-83(96)82-77(87)37-35-38-78(82)88/h35,37-42,76,79H,5-34,36,43-73H2,1-4H3,(H4-,89,90,91,92,94,95,96,97,98,99)/p+1/t76?,79-/m0/s1. The predicted octanol–water partition coefficient (Wildman–Crippen LogP) is 16.3. The van der Waals surface area contributed by atoms with Crippen LogP contribution in [-0.4, -0.2) is 230 Å². The fraction of sp³-hybridized carbons (Fsp3) is 0.802. The van der Waals surface area contributed by atoms with Gasteiger partial charge in [0.05, 0.1) is 167 Å². The van der Waals surface area contributed by atoms with E-state index in [0.717, 1.165) is 62.9 Å². The largest absolute Gasteiger partial charge is 0.480 e. The molecule has 1 unspecified atom stereocenters. The highest BCUT2D eigenvalue weighted by atomic mass is 35.5. The third-order valence-electron chi connectivity index (χ3n) is 20.1. The Morgan fingerprint density at radius 2 is 0.827 bits per heavy atom. The second-order valence-corrected chi connectivity index (χ2v) is 31.0. The molecule has 0 saturated heterocycles. The van der Waals surface area contributed by atoms with Gasteiger partial charge in [-0.25, -0.2) is 4.79 Å². The van der Waals surface area contributed by atoms with Gasteiger partial charge >= 0.3 is 5.97 Å². The van der Waals surface area contributed by atoms with E-state index in [-0.39, 0.29) is 65.4 Å². The molecule has 1 fully saturated rings. The van der Waals surface area contributed by atoms with Gasteiger partial charge in [0.1, 0.15) is 18.7 Å². The lowest BCUT2D eigenvalue weighted by Gasteiger charge is -2.33. The number of hydrogen-bond acceptors (Lipinski definition) is 16. The van der Waals surface area contributed by atoms with E-state index in [1.165, 1.54) is 167 Å². The van der Waals surface area contributed by atoms with Crippen LogP contribution in [0.25, 0.3) is 0 Å². The van der Waals surface area contributed by atoms with Crippen LogP contribution in [-0.2, 0) is 77.7 Å². The van der Waals surface area contributed by atoms with Gasteiger partial charge in [0.25, 0.3) is 5.91 Å². The predicted molar refractivity (Wildman–Crippen MR) is 440 cm³/mol. The van der Waals surface area contributed by atoms with Crippen molar-refractivity contribution in [1.82, 2.24) is 16.0 Å². The normalized spacial score (nSPS) is 13.4. The summed E-state index contributed by atoms with van der Waals surface area (Å²) in [7, 11) is 4.53. The van der Waals surface area contributed by atoms with Crippen molar-refractivity contribution in [2.24, 2.45) is 5.41 Å². The average Bonchev–Trinajstić information content (AvgIpc) is 1.55. The molecule has 634 valence electrons. The smallest absolute Gasteiger partial charge is 0.326 e. The number of anilines is 1. The molecular weight excluding hydrogens is 1450 g/mol. The highest BCUT2D eigenvalue weighted by Crippen LogP contribution is 2.41. The molecule has 24 heteroatoms. The molecule has 0 bridgehead atoms. The Morgan fingerprint density at radius 3 is 1.23 bits per heavy atom. The zero-order chi connectivity index (χ0) is 79.3. The van der Waals surface area contributed by atoms with Crippen LogP contribution in [0.3, 0.4) is 0 Å². The van der Waals surface area contributed by atoms with E-state index in [0.29, 0.717) is 162 Å². The van der Waals surface area contributed by atoms with E-state index in [1.54, 1.807) is 42.5 Å². The van der Waals surface area contributed by atoms with Gasteiger partial charge in [-0.3, -0.25) is 19.2 Å². The SMILES string of the molecule is CCCCCCCCCCCCCCCCOCC(C[N+](C)(C)CCCNC(=O)CCOCCOCCOCCOCCOCCOCCOCCOCCOCCC(=O)NCCC1(C(=O)N[C@@H](Cc2ccc(NC(=O)c3c(Cl)cccc3Cl)cc2)C(=O)O)CCCC1)OCCCCCCCCCCCCCCCC. The summed E-state index contributed by atoms with van der Waals surface area (Å²) in [5.41, 5.74) is 0.468. The summed E-state index contributed by atoms with van der Waals surface area (Å²) in [4.78, 5) is 64.1. The fourth-order valence-electron chi connectivity index (χ4n) is 13.5. The van der Waals surface area contributed by atoms with Gasteiger partial charge in [-0.2, -0.15) is 0 Å². The van der Waals surface area contributed by atoms with Crippen molar-refractivity contribution in [3.05, 3.63) is 63.6 Å². The van der Waals surface area contributed by atoms with Crippen LogP contribution < -0.4 is 21.3 Å². The van der Waals surface area contributed by atoms with E-state index in [4.69, 9.17) is 75.3 Å². The number of amides is 4. The van der Waals surface area contributed by atoms with E-state index < -0.39 is 23.3 Å². The quantitative estimate of drug-likeness (QED) is 0.0305. The number of carbonyl (C=O) groups is 5. The van der Waals surface area contributed by atoms with Gasteiger partial charge in [0.15, 0.2) is 0 Å². The number of quaternary nitrogens is 1. The number of carbonyl (C=O) groups excluding carboxylic acids is 4. The number of rotatable bonds is 79. The summed E-state index contributed by atoms with van der Waals surface area (Å²) < 4.78 is 64.0. The monoisotopic (exact) mass is 1600 g/mol. The molecule has 1 aliphatic carbocycles. The molecule has 0 aromatic heterocycles. The molecule has 3 rings (SSSR count). The zero-order valence-corrected chi connectivity index (χ0v) is 70.2. The summed E-state index contributed by atoms with van der Waals surface area (Å²) in [6, 6.07) is 10.3. The third-order valence-corrected chi connectivity index (χ3v) is 20.7. The molecule has 2 atom stereocenters. The topological polar surface area (TPSA) is 255 Å². The summed E-state index contributed by atoms with van der Waals surface area (Å²) in [6.45, 7) is 16.8. The van der Waals surface area contributed by atoms with Crippen molar-refractivity contribution in [1.29, 1.82) is 0 Å². The number of halogens is 2. The molecule has 5 N–H and O–H groups in total. The number of nitrogens with one attached hydrogen (secondary N) is 4. The second-order valence-electron chi connectivity index (χ2n) is 30.2. The number of nitrogens with zero attached hydrogens (tertiary/aromatic N) is 1. The van der Waals surface area contributed by atoms with Crippen LogP contribution in [0.5, 0.6) is 0 Å². The number of unbranched alkanes of at least 4 members (excludes halogenated alkanes) is 26. The van der Waals surface area contributed by atoms with Gasteiger partial charge in [0, 0.05) is 57.7 Å². The maximum absolute atomic E-state index is 13.7. The van der Waals surface area contributed by atoms with Gasteiger partial charge in [-0.05, 0) is 61.9 Å². The Balaban J connectivity index is 1.07. The Hall–Kier alpha value is -4.11. The molecule has 2 aromatic rings. The van der Waals surface area contributed by atoms with Crippen LogP contribution in [0.2, 0.25) is 10.0 Å². The van der Waals surface area contributed by atoms with Crippen LogP contribution in [0.1, 0.15) is 261 Å². The van der Waals surface area contributed by atoms with Crippen LogP contribution >= 0.6 is 23.2 Å². The summed E-state index contributed by atoms with van der Waals surface area (Å²) >= 11 is 12.4. The number of carboxylic acids is 1. The molecule has 2 aromatic carbocycles. The van der Waals surface area contributed by atoms with Crippen molar-refractivity contribution in [2.75, 3.05) is 184 Å². The Morgan fingerprint density at radius 1 is 0.455 bits per heavy atom. The van der Waals surface area contributed by atoms with Gasteiger partial charge in [0.2, 0.25) is 17.7 Å². The van der Waals surface area contributed by atoms with Crippen molar-refractivity contribution in [3.63, 3.8) is 0 Å². The van der Waals surface area contributed by atoms with E-state index in [9.17, 15) is 29.1 Å². The Kier molecular flexibility index (Phi) is 63.0. The van der Waals surface area contributed by atoms with Crippen molar-refractivity contribution in [3.8, 4) is 0 Å². The number of aliphatic carboxylic acids is 1. The molecule has 0 radical (unpaired) electrons. The van der Waals surface area contributed by atoms with Gasteiger partial charge in [-0.1, -0.05) is 235 Å². The highest BCUT2D eigenvalue weighted by molar-refractivity contribution is 6.40. The molecular formula is C86H150Cl2N5O17+. The molecule has 0 spiro atoms. The minimum absolute atomic E-state index is 0.000125. The Bertz CT molecular complexity index is 2550. The fourth-order valence-corrected chi connectivity index (χ4v) is 14.1. The lowest BCUT2D eigenvalue weighted by molar-refractivity contribution is -0.893. The minimum Gasteiger partial charge on any atom is -0.480 e. The number of benzene rings is 2. The third kappa shape index (κ3) is 54.6. The molecule has 1 saturated carbocycles. The van der Waals surface area contributed by atoms with E-state index in [2.05, 4.69) is 49.2 Å². The minimum atomic E-state index is -1.18. The number of likely N-dealkylation sites (N-methyl/N-ethyl adjacent to an activating group) is 1. The number of hydrogen-bond donors (Lipinski definition) is 5. The summed E-state index contributed by atoms with van der Waals surface area (Å²) in [6.07, 6.45) is 42.5. The first-order valence-electron chi connectivity index (χ1n) is 42.8. The van der Waals surface area contributed by atoms with Crippen LogP contribution in [0.15, 0.2) is 42.5 Å². The molecule has 1 aliphatic rings. The van der Waals surface area contributed by atoms with Crippen LogP contribution in [0.4, 0.5) is 5.69 Å². The van der Waals surface area contributed by atoms with Crippen LogP contribution in [0, 0.1) is 5.41 Å². The maximum atomic E-state index is 13.7. The van der Waals surface area contributed by atoms with Gasteiger partial charge in [-0.15, -0.1) is 0 Å². The van der Waals surface area contributed by atoms with Crippen molar-refractivity contribution >= 4 is 58.5 Å². The van der Waals surface area contributed by atoms with Gasteiger partial charge < -0.3 is 83.0 Å². The molecule has 0 aliphatic heterocycles. The first-order valence-corrected chi connectivity index (χ1v) is 43.6. The lowest BCUT2D eigenvalue weighted by atomic mass is 9.81. The molecule has 22 nitrogen and oxygen atoms in total. The molecule has 0 heterocycles. The first-order chi connectivity index (χ1) is 53.7. The number of ether oxygens (including phenoxy) is 11. The average molecular weight is 1600 g/mol. The number of carboxylic acid groups (broad SMARTS) is 1. The highest BCUT2D eigenvalue weighted by Gasteiger charge is 2.42.